The van der Waals surface area contributed by atoms with Crippen LogP contribution < -0.4 is 10.1 Å². The van der Waals surface area contributed by atoms with Crippen LogP contribution in [-0.4, -0.2) is 13.7 Å². The number of benzene rings is 2. The van der Waals surface area contributed by atoms with E-state index in [0.29, 0.717) is 0 Å². The highest BCUT2D eigenvalue weighted by Gasteiger charge is 2.15. The maximum atomic E-state index is 5.32. The van der Waals surface area contributed by atoms with Gasteiger partial charge in [0.15, 0.2) is 0 Å². The largest absolute Gasteiger partial charge is 0.496 e. The minimum Gasteiger partial charge on any atom is -0.496 e. The Morgan fingerprint density at radius 2 is 1.90 bits per heavy atom. The van der Waals surface area contributed by atoms with Crippen LogP contribution in [0.4, 0.5) is 0 Å². The average molecular weight is 348 g/mol. The summed E-state index contributed by atoms with van der Waals surface area (Å²) in [5.74, 6) is 0.859. The Morgan fingerprint density at radius 3 is 2.52 bits per heavy atom. The fraction of sp³-hybridized carbons (Fsp3) is 0.333. The van der Waals surface area contributed by atoms with Crippen molar-refractivity contribution in [3.05, 3.63) is 63.6 Å². The number of aryl methyl sites for hydroxylation is 1. The molecule has 0 aromatic heterocycles. The summed E-state index contributed by atoms with van der Waals surface area (Å²) in [7, 11) is 1.69. The molecule has 0 saturated carbocycles. The van der Waals surface area contributed by atoms with Crippen molar-refractivity contribution in [3.63, 3.8) is 0 Å². The van der Waals surface area contributed by atoms with Crippen molar-refractivity contribution < 1.29 is 4.74 Å². The summed E-state index contributed by atoms with van der Waals surface area (Å²) in [5.41, 5.74) is 3.81. The van der Waals surface area contributed by atoms with Crippen LogP contribution in [0.25, 0.3) is 0 Å². The Kier molecular flexibility index (Phi) is 5.83. The summed E-state index contributed by atoms with van der Waals surface area (Å²) in [6.07, 6.45) is 1.11. The molecule has 0 fully saturated rings. The average Bonchev–Trinajstić information content (AvgIpc) is 2.48. The second-order valence-electron chi connectivity index (χ2n) is 5.20. The molecule has 112 valence electrons. The number of nitrogens with one attached hydrogen (secondary N) is 1. The lowest BCUT2D eigenvalue weighted by molar-refractivity contribution is 0.411. The SMILES string of the molecule is CCCNC(c1cccc(C)c1)c1ccc(OC)c(Br)c1. The highest BCUT2D eigenvalue weighted by atomic mass is 79.9. The van der Waals surface area contributed by atoms with E-state index in [0.717, 1.165) is 23.2 Å². The second kappa shape index (κ2) is 7.62. The first-order chi connectivity index (χ1) is 10.2. The van der Waals surface area contributed by atoms with Crippen molar-refractivity contribution in [1.82, 2.24) is 5.32 Å². The van der Waals surface area contributed by atoms with E-state index in [-0.39, 0.29) is 6.04 Å². The van der Waals surface area contributed by atoms with Crippen molar-refractivity contribution in [1.29, 1.82) is 0 Å². The Labute approximate surface area is 135 Å². The van der Waals surface area contributed by atoms with Crippen LogP contribution in [0, 0.1) is 6.92 Å². The summed E-state index contributed by atoms with van der Waals surface area (Å²) in [5, 5.41) is 3.63. The molecule has 2 aromatic carbocycles. The van der Waals surface area contributed by atoms with Crippen LogP contribution in [-0.2, 0) is 0 Å². The summed E-state index contributed by atoms with van der Waals surface area (Å²) < 4.78 is 6.30. The van der Waals surface area contributed by atoms with Gasteiger partial charge in [-0.1, -0.05) is 42.8 Å². The standard InChI is InChI=1S/C18H22BrNO/c1-4-10-20-18(14-7-5-6-13(2)11-14)15-8-9-17(21-3)16(19)12-15/h5-9,11-12,18,20H,4,10H2,1-3H3. The zero-order valence-electron chi connectivity index (χ0n) is 12.8. The fourth-order valence-electron chi connectivity index (χ4n) is 2.43. The Balaban J connectivity index is 2.37. The van der Waals surface area contributed by atoms with Gasteiger partial charge in [-0.25, -0.2) is 0 Å². The Morgan fingerprint density at radius 1 is 1.14 bits per heavy atom. The van der Waals surface area contributed by atoms with Gasteiger partial charge in [0.25, 0.3) is 0 Å². The van der Waals surface area contributed by atoms with E-state index in [9.17, 15) is 0 Å². The number of hydrogen-bond donors (Lipinski definition) is 1. The molecule has 0 aliphatic heterocycles. The first-order valence-electron chi connectivity index (χ1n) is 7.29. The monoisotopic (exact) mass is 347 g/mol. The fourth-order valence-corrected chi connectivity index (χ4v) is 2.99. The number of hydrogen-bond acceptors (Lipinski definition) is 2. The van der Waals surface area contributed by atoms with Gasteiger partial charge >= 0.3 is 0 Å². The third-order valence-electron chi connectivity index (χ3n) is 3.48. The highest BCUT2D eigenvalue weighted by molar-refractivity contribution is 9.10. The van der Waals surface area contributed by atoms with Crippen molar-refractivity contribution in [3.8, 4) is 5.75 Å². The van der Waals surface area contributed by atoms with Crippen molar-refractivity contribution >= 4 is 15.9 Å². The maximum absolute atomic E-state index is 5.32. The van der Waals surface area contributed by atoms with E-state index >= 15 is 0 Å². The molecule has 0 radical (unpaired) electrons. The summed E-state index contributed by atoms with van der Waals surface area (Å²) >= 11 is 3.58. The first kappa shape index (κ1) is 16.1. The lowest BCUT2D eigenvalue weighted by Gasteiger charge is -2.21. The lowest BCUT2D eigenvalue weighted by atomic mass is 9.97. The minimum absolute atomic E-state index is 0.201. The van der Waals surface area contributed by atoms with Crippen LogP contribution in [0.5, 0.6) is 5.75 Å². The molecule has 0 amide bonds. The molecular weight excluding hydrogens is 326 g/mol. The van der Waals surface area contributed by atoms with Gasteiger partial charge < -0.3 is 10.1 Å². The molecule has 0 heterocycles. The van der Waals surface area contributed by atoms with Crippen LogP contribution in [0.2, 0.25) is 0 Å². The van der Waals surface area contributed by atoms with Gasteiger partial charge in [0.2, 0.25) is 0 Å². The molecule has 0 bridgehead atoms. The van der Waals surface area contributed by atoms with Gasteiger partial charge in [-0.2, -0.15) is 0 Å². The van der Waals surface area contributed by atoms with Gasteiger partial charge in [-0.3, -0.25) is 0 Å². The molecule has 1 atom stereocenters. The Hall–Kier alpha value is -1.32. The Bertz CT molecular complexity index is 598. The first-order valence-corrected chi connectivity index (χ1v) is 8.08. The van der Waals surface area contributed by atoms with E-state index in [4.69, 9.17) is 4.74 Å². The van der Waals surface area contributed by atoms with Gasteiger partial charge in [0.05, 0.1) is 17.6 Å². The molecule has 1 N–H and O–H groups in total. The van der Waals surface area contributed by atoms with Gasteiger partial charge in [0.1, 0.15) is 5.75 Å². The van der Waals surface area contributed by atoms with Crippen molar-refractivity contribution in [2.24, 2.45) is 0 Å². The predicted molar refractivity (Wildman–Crippen MR) is 92.0 cm³/mol. The predicted octanol–water partition coefficient (Wildman–Crippen LogP) is 4.86. The molecule has 2 aromatic rings. The number of halogens is 1. The van der Waals surface area contributed by atoms with E-state index < -0.39 is 0 Å². The molecule has 21 heavy (non-hydrogen) atoms. The number of methoxy groups -OCH3 is 1. The summed E-state index contributed by atoms with van der Waals surface area (Å²) in [4.78, 5) is 0. The molecule has 0 aliphatic carbocycles. The van der Waals surface area contributed by atoms with Crippen LogP contribution >= 0.6 is 15.9 Å². The summed E-state index contributed by atoms with van der Waals surface area (Å²) in [6, 6.07) is 15.1. The van der Waals surface area contributed by atoms with Crippen LogP contribution in [0.3, 0.4) is 0 Å². The van der Waals surface area contributed by atoms with Gasteiger partial charge in [-0.05, 0) is 59.1 Å². The minimum atomic E-state index is 0.201. The molecule has 1 unspecified atom stereocenters. The van der Waals surface area contributed by atoms with Gasteiger partial charge in [0, 0.05) is 0 Å². The quantitative estimate of drug-likeness (QED) is 0.805. The molecule has 0 saturated heterocycles. The number of ether oxygens (including phenoxy) is 1. The normalized spacial score (nSPS) is 12.2. The van der Waals surface area contributed by atoms with Crippen LogP contribution in [0.15, 0.2) is 46.9 Å². The zero-order chi connectivity index (χ0) is 15.2. The van der Waals surface area contributed by atoms with Crippen molar-refractivity contribution in [2.45, 2.75) is 26.3 Å². The zero-order valence-corrected chi connectivity index (χ0v) is 14.4. The highest BCUT2D eigenvalue weighted by Crippen LogP contribution is 2.30. The van der Waals surface area contributed by atoms with E-state index in [1.807, 2.05) is 6.07 Å². The number of rotatable bonds is 6. The van der Waals surface area contributed by atoms with E-state index in [2.05, 4.69) is 71.5 Å². The lowest BCUT2D eigenvalue weighted by Crippen LogP contribution is -2.23. The van der Waals surface area contributed by atoms with Gasteiger partial charge in [-0.15, -0.1) is 0 Å². The van der Waals surface area contributed by atoms with Crippen LogP contribution in [0.1, 0.15) is 36.1 Å². The molecule has 3 heteroatoms. The maximum Gasteiger partial charge on any atom is 0.133 e. The molecule has 2 nitrogen and oxygen atoms in total. The molecule has 0 spiro atoms. The molecule has 0 aliphatic rings. The van der Waals surface area contributed by atoms with E-state index in [1.54, 1.807) is 7.11 Å². The topological polar surface area (TPSA) is 21.3 Å². The third kappa shape index (κ3) is 4.08. The molecular formula is C18H22BrNO. The molecule has 2 rings (SSSR count). The van der Waals surface area contributed by atoms with Crippen molar-refractivity contribution in [2.75, 3.05) is 13.7 Å². The summed E-state index contributed by atoms with van der Waals surface area (Å²) in [6.45, 7) is 5.30. The second-order valence-corrected chi connectivity index (χ2v) is 6.05. The third-order valence-corrected chi connectivity index (χ3v) is 4.10. The smallest absolute Gasteiger partial charge is 0.133 e. The van der Waals surface area contributed by atoms with E-state index in [1.165, 1.54) is 16.7 Å².